The van der Waals surface area contributed by atoms with Gasteiger partial charge in [0.05, 0.1) is 12.6 Å². The molecule has 0 aliphatic heterocycles. The Hall–Kier alpha value is -3.08. The summed E-state index contributed by atoms with van der Waals surface area (Å²) in [6.45, 7) is 2.16. The van der Waals surface area contributed by atoms with E-state index in [9.17, 15) is 4.79 Å². The third kappa shape index (κ3) is 3.93. The summed E-state index contributed by atoms with van der Waals surface area (Å²) in [7, 11) is 0. The minimum atomic E-state index is -0.327. The zero-order valence-corrected chi connectivity index (χ0v) is 16.0. The molecule has 1 aliphatic rings. The lowest BCUT2D eigenvalue weighted by atomic mass is 10.1. The summed E-state index contributed by atoms with van der Waals surface area (Å²) < 4.78 is 13.1. The molecule has 0 bridgehead atoms. The fraction of sp³-hybridized carbons (Fsp3) is 0.304. The molecule has 1 heterocycles. The molecule has 2 aromatic carbocycles. The van der Waals surface area contributed by atoms with Crippen molar-refractivity contribution < 1.29 is 14.3 Å². The Morgan fingerprint density at radius 3 is 2.39 bits per heavy atom. The first kappa shape index (κ1) is 18.3. The second kappa shape index (κ2) is 8.30. The molecule has 4 rings (SSSR count). The molecule has 0 unspecified atom stereocenters. The molecule has 0 atom stereocenters. The molecule has 0 spiro atoms. The number of esters is 1. The molecule has 1 aromatic heterocycles. The van der Waals surface area contributed by atoms with Gasteiger partial charge < -0.3 is 9.47 Å². The van der Waals surface area contributed by atoms with Crippen molar-refractivity contribution in [2.45, 2.75) is 38.6 Å². The van der Waals surface area contributed by atoms with Crippen molar-refractivity contribution in [3.05, 3.63) is 66.4 Å². The third-order valence-corrected chi connectivity index (χ3v) is 5.03. The largest absolute Gasteiger partial charge is 0.462 e. The molecule has 5 heteroatoms. The normalized spacial score (nSPS) is 14.2. The minimum Gasteiger partial charge on any atom is -0.462 e. The van der Waals surface area contributed by atoms with Crippen LogP contribution in [0.2, 0.25) is 0 Å². The molecule has 3 aromatic rings. The highest BCUT2D eigenvalue weighted by atomic mass is 16.5. The fourth-order valence-corrected chi connectivity index (χ4v) is 3.62. The van der Waals surface area contributed by atoms with Crippen molar-refractivity contribution in [2.75, 3.05) is 6.61 Å². The molecule has 1 aliphatic carbocycles. The Morgan fingerprint density at radius 1 is 1.04 bits per heavy atom. The standard InChI is InChI=1S/C23H24N2O3/c1-2-27-23(26)21-16-25(18-8-6-7-9-18)24-22(21)17-12-14-20(15-13-17)28-19-10-4-3-5-11-19/h3-5,10-16,18H,2,6-9H2,1H3. The van der Waals surface area contributed by atoms with Gasteiger partial charge in [0.25, 0.3) is 0 Å². The number of ether oxygens (including phenoxy) is 2. The second-order valence-electron chi connectivity index (χ2n) is 6.97. The smallest absolute Gasteiger partial charge is 0.341 e. The number of para-hydroxylation sites is 1. The minimum absolute atomic E-state index is 0.327. The summed E-state index contributed by atoms with van der Waals surface area (Å²) >= 11 is 0. The van der Waals surface area contributed by atoms with Crippen LogP contribution in [0.1, 0.15) is 49.0 Å². The number of rotatable bonds is 6. The van der Waals surface area contributed by atoms with Crippen LogP contribution in [0.5, 0.6) is 11.5 Å². The van der Waals surface area contributed by atoms with E-state index in [-0.39, 0.29) is 5.97 Å². The first-order valence-corrected chi connectivity index (χ1v) is 9.84. The quantitative estimate of drug-likeness (QED) is 0.523. The van der Waals surface area contributed by atoms with Gasteiger partial charge in [0.2, 0.25) is 0 Å². The van der Waals surface area contributed by atoms with Crippen molar-refractivity contribution in [2.24, 2.45) is 0 Å². The van der Waals surface area contributed by atoms with E-state index in [2.05, 4.69) is 0 Å². The van der Waals surface area contributed by atoms with Gasteiger partial charge in [-0.3, -0.25) is 4.68 Å². The van der Waals surface area contributed by atoms with Crippen LogP contribution in [0.4, 0.5) is 0 Å². The molecule has 1 saturated carbocycles. The summed E-state index contributed by atoms with van der Waals surface area (Å²) in [5.74, 6) is 1.20. The molecule has 0 N–H and O–H groups in total. The predicted octanol–water partition coefficient (Wildman–Crippen LogP) is 5.63. The van der Waals surface area contributed by atoms with Gasteiger partial charge >= 0.3 is 5.97 Å². The van der Waals surface area contributed by atoms with Gasteiger partial charge in [-0.1, -0.05) is 31.0 Å². The van der Waals surface area contributed by atoms with Gasteiger partial charge in [0.1, 0.15) is 22.8 Å². The maximum absolute atomic E-state index is 12.5. The number of nitrogens with zero attached hydrogens (tertiary/aromatic N) is 2. The molecule has 1 fully saturated rings. The van der Waals surface area contributed by atoms with Crippen LogP contribution in [-0.2, 0) is 4.74 Å². The third-order valence-electron chi connectivity index (χ3n) is 5.03. The molecular weight excluding hydrogens is 352 g/mol. The molecule has 0 radical (unpaired) electrons. The highest BCUT2D eigenvalue weighted by Crippen LogP contribution is 2.33. The molecule has 0 amide bonds. The lowest BCUT2D eigenvalue weighted by Gasteiger charge is -2.09. The van der Waals surface area contributed by atoms with Gasteiger partial charge in [-0.2, -0.15) is 5.10 Å². The molecular formula is C23H24N2O3. The number of hydrogen-bond donors (Lipinski definition) is 0. The summed E-state index contributed by atoms with van der Waals surface area (Å²) in [4.78, 5) is 12.5. The van der Waals surface area contributed by atoms with Gasteiger partial charge in [0.15, 0.2) is 0 Å². The highest BCUT2D eigenvalue weighted by molar-refractivity contribution is 5.96. The van der Waals surface area contributed by atoms with E-state index in [1.165, 1.54) is 12.8 Å². The Kier molecular flexibility index (Phi) is 5.42. The lowest BCUT2D eigenvalue weighted by Crippen LogP contribution is -2.06. The number of carbonyl (C=O) groups is 1. The van der Waals surface area contributed by atoms with Crippen LogP contribution >= 0.6 is 0 Å². The predicted molar refractivity (Wildman–Crippen MR) is 108 cm³/mol. The topological polar surface area (TPSA) is 53.4 Å². The summed E-state index contributed by atoms with van der Waals surface area (Å²) in [5, 5.41) is 4.75. The maximum atomic E-state index is 12.5. The Morgan fingerprint density at radius 2 is 1.71 bits per heavy atom. The van der Waals surface area contributed by atoms with Gasteiger partial charge in [-0.05, 0) is 56.2 Å². The molecule has 144 valence electrons. The van der Waals surface area contributed by atoms with E-state index in [1.54, 1.807) is 0 Å². The Bertz CT molecular complexity index is 926. The molecule has 28 heavy (non-hydrogen) atoms. The van der Waals surface area contributed by atoms with E-state index in [0.717, 1.165) is 29.9 Å². The van der Waals surface area contributed by atoms with Crippen LogP contribution in [0.15, 0.2) is 60.8 Å². The van der Waals surface area contributed by atoms with Crippen LogP contribution in [0.3, 0.4) is 0 Å². The zero-order chi connectivity index (χ0) is 19.3. The van der Waals surface area contributed by atoms with Crippen LogP contribution in [0, 0.1) is 0 Å². The fourth-order valence-electron chi connectivity index (χ4n) is 3.62. The van der Waals surface area contributed by atoms with E-state index in [1.807, 2.05) is 72.4 Å². The van der Waals surface area contributed by atoms with Crippen molar-refractivity contribution >= 4 is 5.97 Å². The van der Waals surface area contributed by atoms with Crippen molar-refractivity contribution in [1.82, 2.24) is 9.78 Å². The number of hydrogen-bond acceptors (Lipinski definition) is 4. The maximum Gasteiger partial charge on any atom is 0.341 e. The molecule has 5 nitrogen and oxygen atoms in total. The SMILES string of the molecule is CCOC(=O)c1cn(C2CCCC2)nc1-c1ccc(Oc2ccccc2)cc1. The van der Waals surface area contributed by atoms with Crippen LogP contribution < -0.4 is 4.74 Å². The van der Waals surface area contributed by atoms with E-state index < -0.39 is 0 Å². The summed E-state index contributed by atoms with van der Waals surface area (Å²) in [5.41, 5.74) is 2.06. The summed E-state index contributed by atoms with van der Waals surface area (Å²) in [6, 6.07) is 17.7. The number of carbonyl (C=O) groups excluding carboxylic acids is 1. The van der Waals surface area contributed by atoms with Gasteiger partial charge in [-0.25, -0.2) is 4.79 Å². The number of benzene rings is 2. The lowest BCUT2D eigenvalue weighted by molar-refractivity contribution is 0.0527. The Labute approximate surface area is 164 Å². The van der Waals surface area contributed by atoms with Crippen LogP contribution in [0.25, 0.3) is 11.3 Å². The average Bonchev–Trinajstić information content (AvgIpc) is 3.40. The number of aromatic nitrogens is 2. The van der Waals surface area contributed by atoms with Gasteiger partial charge in [-0.15, -0.1) is 0 Å². The highest BCUT2D eigenvalue weighted by Gasteiger charge is 2.24. The first-order valence-electron chi connectivity index (χ1n) is 9.84. The second-order valence-corrected chi connectivity index (χ2v) is 6.97. The van der Waals surface area contributed by atoms with Crippen LogP contribution in [-0.4, -0.2) is 22.4 Å². The molecule has 0 saturated heterocycles. The van der Waals surface area contributed by atoms with E-state index in [0.29, 0.717) is 23.9 Å². The van der Waals surface area contributed by atoms with Crippen molar-refractivity contribution in [3.63, 3.8) is 0 Å². The first-order chi connectivity index (χ1) is 13.7. The van der Waals surface area contributed by atoms with Crippen molar-refractivity contribution in [3.8, 4) is 22.8 Å². The van der Waals surface area contributed by atoms with Gasteiger partial charge in [0, 0.05) is 11.8 Å². The monoisotopic (exact) mass is 376 g/mol. The zero-order valence-electron chi connectivity index (χ0n) is 16.0. The summed E-state index contributed by atoms with van der Waals surface area (Å²) in [6.07, 6.45) is 6.47. The average molecular weight is 376 g/mol. The van der Waals surface area contributed by atoms with E-state index in [4.69, 9.17) is 14.6 Å². The Balaban J connectivity index is 1.62. The van der Waals surface area contributed by atoms with E-state index >= 15 is 0 Å². The van der Waals surface area contributed by atoms with Crippen molar-refractivity contribution in [1.29, 1.82) is 0 Å².